The van der Waals surface area contributed by atoms with E-state index in [2.05, 4.69) is 26.3 Å². The minimum atomic E-state index is -0.266. The van der Waals surface area contributed by atoms with E-state index in [1.54, 1.807) is 12.1 Å². The average molecular weight is 493 g/mol. The fraction of sp³-hybridized carbons (Fsp3) is 0.240. The number of nitrogens with one attached hydrogen (secondary N) is 1. The summed E-state index contributed by atoms with van der Waals surface area (Å²) in [5.41, 5.74) is 5.64. The lowest BCUT2D eigenvalue weighted by Crippen LogP contribution is -2.15. The zero-order chi connectivity index (χ0) is 22.4. The minimum Gasteiger partial charge on any atom is -0.319 e. The summed E-state index contributed by atoms with van der Waals surface area (Å²) in [6.45, 7) is 4.30. The maximum Gasteiger partial charge on any atom is 0.256 e. The molecule has 32 heavy (non-hydrogen) atoms. The molecule has 1 N–H and O–H groups in total. The number of benzene rings is 2. The van der Waals surface area contributed by atoms with Crippen LogP contribution in [0.3, 0.4) is 0 Å². The second-order valence-electron chi connectivity index (χ2n) is 8.31. The highest BCUT2D eigenvalue weighted by molar-refractivity contribution is 9.10. The van der Waals surface area contributed by atoms with Gasteiger partial charge in [-0.2, -0.15) is 5.10 Å². The van der Waals surface area contributed by atoms with Crippen LogP contribution >= 0.6 is 15.9 Å². The Bertz CT molecular complexity index is 1340. The Morgan fingerprint density at radius 1 is 1.16 bits per heavy atom. The molecule has 0 unspecified atom stereocenters. The lowest BCUT2D eigenvalue weighted by atomic mass is 10.1. The van der Waals surface area contributed by atoms with Gasteiger partial charge in [0, 0.05) is 21.5 Å². The molecule has 4 aromatic rings. The first-order valence-electron chi connectivity index (χ1n) is 10.6. The van der Waals surface area contributed by atoms with Gasteiger partial charge >= 0.3 is 0 Å². The van der Waals surface area contributed by atoms with Gasteiger partial charge in [-0.25, -0.2) is 4.39 Å². The van der Waals surface area contributed by atoms with Crippen molar-refractivity contribution < 1.29 is 9.18 Å². The predicted octanol–water partition coefficient (Wildman–Crippen LogP) is 6.13. The van der Waals surface area contributed by atoms with Gasteiger partial charge in [0.25, 0.3) is 5.91 Å². The number of carbonyl (C=O) groups excluding carboxylic acids is 1. The van der Waals surface area contributed by atoms with Crippen molar-refractivity contribution in [3.63, 3.8) is 0 Å². The van der Waals surface area contributed by atoms with Crippen LogP contribution in [0.5, 0.6) is 0 Å². The number of halogens is 2. The van der Waals surface area contributed by atoms with E-state index < -0.39 is 0 Å². The summed E-state index contributed by atoms with van der Waals surface area (Å²) in [4.78, 5) is 18.2. The molecule has 5 rings (SSSR count). The van der Waals surface area contributed by atoms with Gasteiger partial charge in [0.2, 0.25) is 0 Å². The van der Waals surface area contributed by atoms with Crippen LogP contribution < -0.4 is 5.32 Å². The van der Waals surface area contributed by atoms with Gasteiger partial charge in [0.15, 0.2) is 0 Å². The molecule has 7 heteroatoms. The number of hydrogen-bond acceptors (Lipinski definition) is 3. The molecule has 1 fully saturated rings. The second-order valence-corrected chi connectivity index (χ2v) is 9.23. The zero-order valence-electron chi connectivity index (χ0n) is 17.8. The first-order valence-corrected chi connectivity index (χ1v) is 11.4. The fourth-order valence-electron chi connectivity index (χ4n) is 3.97. The lowest BCUT2D eigenvalue weighted by molar-refractivity contribution is 0.102. The maximum atomic E-state index is 13.4. The van der Waals surface area contributed by atoms with Crippen LogP contribution in [0.1, 0.15) is 51.8 Å². The molecule has 0 saturated heterocycles. The molecular formula is C25H22BrFN4O. The SMILES string of the molecule is Cc1nn(Cc2ccc(F)cc2)c(C)c1NC(=O)c1cc(C2CC2)nc2cc(Br)ccc12. The first kappa shape index (κ1) is 20.8. The molecule has 5 nitrogen and oxygen atoms in total. The molecule has 0 bridgehead atoms. The number of hydrogen-bond donors (Lipinski definition) is 1. The van der Waals surface area contributed by atoms with Crippen LogP contribution in [0.15, 0.2) is 53.0 Å². The van der Waals surface area contributed by atoms with Crippen molar-refractivity contribution >= 4 is 38.4 Å². The third-order valence-corrected chi connectivity index (χ3v) is 6.39. The number of carbonyl (C=O) groups is 1. The van der Waals surface area contributed by atoms with Gasteiger partial charge in [0.1, 0.15) is 5.82 Å². The minimum absolute atomic E-state index is 0.172. The van der Waals surface area contributed by atoms with E-state index in [1.807, 2.05) is 42.8 Å². The molecule has 1 aliphatic rings. The highest BCUT2D eigenvalue weighted by atomic mass is 79.9. The van der Waals surface area contributed by atoms with Crippen LogP contribution in [0.25, 0.3) is 10.9 Å². The largest absolute Gasteiger partial charge is 0.319 e. The van der Waals surface area contributed by atoms with Crippen LogP contribution in [0.2, 0.25) is 0 Å². The Labute approximate surface area is 193 Å². The first-order chi connectivity index (χ1) is 15.4. The van der Waals surface area contributed by atoms with E-state index in [1.165, 1.54) is 12.1 Å². The molecule has 0 atom stereocenters. The quantitative estimate of drug-likeness (QED) is 0.364. The van der Waals surface area contributed by atoms with Crippen LogP contribution in [-0.4, -0.2) is 20.7 Å². The Hall–Kier alpha value is -3.06. The Balaban J connectivity index is 1.47. The molecule has 0 spiro atoms. The summed E-state index contributed by atoms with van der Waals surface area (Å²) in [6, 6.07) is 14.1. The second kappa shape index (κ2) is 8.13. The Kier molecular flexibility index (Phi) is 5.29. The number of nitrogens with zero attached hydrogens (tertiary/aromatic N) is 3. The third kappa shape index (κ3) is 4.05. The molecule has 1 saturated carbocycles. The van der Waals surface area contributed by atoms with Crippen molar-refractivity contribution in [3.05, 3.63) is 87.0 Å². The molecule has 2 heterocycles. The van der Waals surface area contributed by atoms with Crippen LogP contribution in [0, 0.1) is 19.7 Å². The molecule has 2 aromatic heterocycles. The average Bonchev–Trinajstić information content (AvgIpc) is 3.58. The number of anilines is 1. The van der Waals surface area contributed by atoms with Crippen molar-refractivity contribution in [1.82, 2.24) is 14.8 Å². The van der Waals surface area contributed by atoms with Crippen molar-refractivity contribution in [2.24, 2.45) is 0 Å². The van der Waals surface area contributed by atoms with Crippen molar-refractivity contribution in [1.29, 1.82) is 0 Å². The zero-order valence-corrected chi connectivity index (χ0v) is 19.4. The molecule has 0 radical (unpaired) electrons. The molecule has 2 aromatic carbocycles. The van der Waals surface area contributed by atoms with E-state index in [-0.39, 0.29) is 11.7 Å². The highest BCUT2D eigenvalue weighted by Gasteiger charge is 2.27. The summed E-state index contributed by atoms with van der Waals surface area (Å²) < 4.78 is 16.0. The normalized spacial score (nSPS) is 13.5. The summed E-state index contributed by atoms with van der Waals surface area (Å²) in [5, 5.41) is 8.50. The Morgan fingerprint density at radius 3 is 2.62 bits per heavy atom. The fourth-order valence-corrected chi connectivity index (χ4v) is 4.32. The summed E-state index contributed by atoms with van der Waals surface area (Å²) in [7, 11) is 0. The van der Waals surface area contributed by atoms with Crippen LogP contribution in [-0.2, 0) is 6.54 Å². The predicted molar refractivity (Wildman–Crippen MR) is 127 cm³/mol. The highest BCUT2D eigenvalue weighted by Crippen LogP contribution is 2.40. The summed E-state index contributed by atoms with van der Waals surface area (Å²) in [5.74, 6) is -0.00161. The van der Waals surface area contributed by atoms with Gasteiger partial charge in [-0.15, -0.1) is 0 Å². The summed E-state index contributed by atoms with van der Waals surface area (Å²) >= 11 is 3.51. The van der Waals surface area contributed by atoms with Crippen molar-refractivity contribution in [2.75, 3.05) is 5.32 Å². The summed E-state index contributed by atoms with van der Waals surface area (Å²) in [6.07, 6.45) is 2.23. The van der Waals surface area contributed by atoms with Crippen molar-refractivity contribution in [3.8, 4) is 0 Å². The lowest BCUT2D eigenvalue weighted by Gasteiger charge is -2.11. The molecule has 0 aliphatic heterocycles. The van der Waals surface area contributed by atoms with Gasteiger partial charge < -0.3 is 5.32 Å². The van der Waals surface area contributed by atoms with E-state index in [4.69, 9.17) is 4.98 Å². The number of aromatic nitrogens is 3. The van der Waals surface area contributed by atoms with Crippen molar-refractivity contribution in [2.45, 2.75) is 39.2 Å². The molecule has 1 amide bonds. The van der Waals surface area contributed by atoms with Gasteiger partial charge in [-0.05, 0) is 62.6 Å². The Morgan fingerprint density at radius 2 is 1.91 bits per heavy atom. The van der Waals surface area contributed by atoms with E-state index in [0.29, 0.717) is 23.7 Å². The number of aryl methyl sites for hydroxylation is 1. The van der Waals surface area contributed by atoms with Gasteiger partial charge in [0.05, 0.1) is 34.7 Å². The number of rotatable bonds is 5. The van der Waals surface area contributed by atoms with Gasteiger partial charge in [-0.1, -0.05) is 34.1 Å². The number of amides is 1. The topological polar surface area (TPSA) is 59.8 Å². The molecule has 1 aliphatic carbocycles. The van der Waals surface area contributed by atoms with Gasteiger partial charge in [-0.3, -0.25) is 14.5 Å². The molecular weight excluding hydrogens is 471 g/mol. The van der Waals surface area contributed by atoms with E-state index >= 15 is 0 Å². The number of pyridine rings is 1. The standard InChI is InChI=1S/C25H22BrFN4O/c1-14-24(15(2)31(30-14)13-16-3-8-19(27)9-4-16)29-25(32)21-12-22(17-5-6-17)28-23-11-18(26)7-10-20(21)23/h3-4,7-12,17H,5-6,13H2,1-2H3,(H,29,32). The molecule has 162 valence electrons. The van der Waals surface area contributed by atoms with E-state index in [9.17, 15) is 9.18 Å². The van der Waals surface area contributed by atoms with Crippen LogP contribution in [0.4, 0.5) is 10.1 Å². The van der Waals surface area contributed by atoms with E-state index in [0.717, 1.165) is 50.9 Å². The third-order valence-electron chi connectivity index (χ3n) is 5.90. The monoisotopic (exact) mass is 492 g/mol. The maximum absolute atomic E-state index is 13.4. The number of fused-ring (bicyclic) bond motifs is 1. The smallest absolute Gasteiger partial charge is 0.256 e.